The van der Waals surface area contributed by atoms with Crippen LogP contribution in [0.15, 0.2) is 18.2 Å². The zero-order valence-electron chi connectivity index (χ0n) is 13.0. The van der Waals surface area contributed by atoms with E-state index in [1.807, 2.05) is 18.7 Å². The lowest BCUT2D eigenvalue weighted by atomic mass is 10.1. The summed E-state index contributed by atoms with van der Waals surface area (Å²) in [4.78, 5) is 13.1. The van der Waals surface area contributed by atoms with Gasteiger partial charge in [-0.1, -0.05) is 44.0 Å². The number of amides is 1. The van der Waals surface area contributed by atoms with Gasteiger partial charge >= 0.3 is 0 Å². The predicted octanol–water partition coefficient (Wildman–Crippen LogP) is 5.13. The summed E-state index contributed by atoms with van der Waals surface area (Å²) in [5.74, 6) is 0.484. The third kappa shape index (κ3) is 8.18. The Hall–Kier alpha value is -0.930. The number of likely N-dealkylation sites (tertiary alicyclic amines) is 1. The number of nitrogens with zero attached hydrogens (tertiary/aromatic N) is 1. The number of benzene rings is 1. The minimum atomic E-state index is 0.129. The van der Waals surface area contributed by atoms with Gasteiger partial charge in [-0.25, -0.2) is 0 Å². The van der Waals surface area contributed by atoms with Crippen molar-refractivity contribution in [2.75, 3.05) is 13.1 Å². The van der Waals surface area contributed by atoms with E-state index < -0.39 is 0 Å². The van der Waals surface area contributed by atoms with Crippen molar-refractivity contribution in [2.45, 2.75) is 46.5 Å². The van der Waals surface area contributed by atoms with Crippen molar-refractivity contribution in [1.29, 1.82) is 0 Å². The van der Waals surface area contributed by atoms with Crippen LogP contribution in [0.5, 0.6) is 5.75 Å². The van der Waals surface area contributed by atoms with Crippen LogP contribution in [0.1, 0.15) is 46.5 Å². The van der Waals surface area contributed by atoms with Crippen LogP contribution in [-0.2, 0) is 4.79 Å². The fourth-order valence-electron chi connectivity index (χ4n) is 1.85. The SMILES string of the molecule is CC.CCCN1CCCCC1=O.Oc1ccc(Cl)c(Cl)c1. The minimum absolute atomic E-state index is 0.129. The van der Waals surface area contributed by atoms with Gasteiger partial charge < -0.3 is 10.0 Å². The second kappa shape index (κ2) is 11.7. The fraction of sp³-hybridized carbons (Fsp3) is 0.562. The van der Waals surface area contributed by atoms with Crippen LogP contribution in [-0.4, -0.2) is 29.0 Å². The molecule has 0 radical (unpaired) electrons. The number of carbonyl (C=O) groups is 1. The molecule has 0 bridgehead atoms. The van der Waals surface area contributed by atoms with Crippen molar-refractivity contribution in [3.05, 3.63) is 28.2 Å². The van der Waals surface area contributed by atoms with Crippen LogP contribution < -0.4 is 0 Å². The molecule has 1 aromatic carbocycles. The van der Waals surface area contributed by atoms with Crippen LogP contribution in [0, 0.1) is 0 Å². The molecule has 1 heterocycles. The minimum Gasteiger partial charge on any atom is -0.508 e. The monoisotopic (exact) mass is 333 g/mol. The maximum absolute atomic E-state index is 11.1. The molecule has 0 unspecified atom stereocenters. The van der Waals surface area contributed by atoms with Crippen LogP contribution in [0.4, 0.5) is 0 Å². The van der Waals surface area contributed by atoms with E-state index in [0.29, 0.717) is 16.0 Å². The number of hydrogen-bond acceptors (Lipinski definition) is 2. The van der Waals surface area contributed by atoms with Gasteiger partial charge in [0.1, 0.15) is 5.75 Å². The van der Waals surface area contributed by atoms with Crippen LogP contribution >= 0.6 is 23.2 Å². The summed E-state index contributed by atoms with van der Waals surface area (Å²) in [5.41, 5.74) is 0. The van der Waals surface area contributed by atoms with E-state index in [2.05, 4.69) is 6.92 Å². The Kier molecular flexibility index (Phi) is 11.2. The van der Waals surface area contributed by atoms with Crippen molar-refractivity contribution in [1.82, 2.24) is 4.90 Å². The molecule has 0 spiro atoms. The van der Waals surface area contributed by atoms with Gasteiger partial charge in [-0.15, -0.1) is 0 Å². The van der Waals surface area contributed by atoms with Crippen molar-refractivity contribution < 1.29 is 9.90 Å². The molecule has 21 heavy (non-hydrogen) atoms. The average Bonchev–Trinajstić information content (AvgIpc) is 2.49. The number of phenolic OH excluding ortho intramolecular Hbond substituents is 1. The highest BCUT2D eigenvalue weighted by molar-refractivity contribution is 6.42. The highest BCUT2D eigenvalue weighted by atomic mass is 35.5. The number of aromatic hydroxyl groups is 1. The number of phenols is 1. The van der Waals surface area contributed by atoms with E-state index in [4.69, 9.17) is 28.3 Å². The molecule has 1 N–H and O–H groups in total. The number of hydrogen-bond donors (Lipinski definition) is 1. The first-order valence-corrected chi connectivity index (χ1v) is 8.22. The van der Waals surface area contributed by atoms with E-state index >= 15 is 0 Å². The molecule has 1 fully saturated rings. The molecule has 1 aliphatic rings. The molecular formula is C16H25Cl2NO2. The summed E-state index contributed by atoms with van der Waals surface area (Å²) in [6.07, 6.45) is 4.16. The number of halogens is 2. The highest BCUT2D eigenvalue weighted by Gasteiger charge is 2.15. The Morgan fingerprint density at radius 1 is 1.19 bits per heavy atom. The highest BCUT2D eigenvalue weighted by Crippen LogP contribution is 2.25. The molecule has 120 valence electrons. The van der Waals surface area contributed by atoms with Gasteiger partial charge in [-0.2, -0.15) is 0 Å². The number of piperidine rings is 1. The van der Waals surface area contributed by atoms with Crippen LogP contribution in [0.2, 0.25) is 10.0 Å². The largest absolute Gasteiger partial charge is 0.508 e. The lowest BCUT2D eigenvalue weighted by Crippen LogP contribution is -2.35. The van der Waals surface area contributed by atoms with Crippen molar-refractivity contribution in [3.8, 4) is 5.75 Å². The average molecular weight is 334 g/mol. The van der Waals surface area contributed by atoms with Gasteiger partial charge in [-0.3, -0.25) is 4.79 Å². The first kappa shape index (κ1) is 20.1. The molecule has 3 nitrogen and oxygen atoms in total. The predicted molar refractivity (Wildman–Crippen MR) is 90.2 cm³/mol. The topological polar surface area (TPSA) is 40.5 Å². The molecule has 0 aliphatic carbocycles. The number of rotatable bonds is 2. The Morgan fingerprint density at radius 2 is 1.86 bits per heavy atom. The van der Waals surface area contributed by atoms with Crippen molar-refractivity contribution in [2.24, 2.45) is 0 Å². The normalized spacial score (nSPS) is 13.8. The van der Waals surface area contributed by atoms with Gasteiger partial charge in [0, 0.05) is 19.5 Å². The standard InChI is InChI=1S/C8H15NO.C6H4Cl2O.C2H6/c1-2-6-9-7-4-3-5-8(9)10;7-5-2-1-4(9)3-6(5)8;1-2/h2-7H2,1H3;1-3,9H;1-2H3. The first-order chi connectivity index (χ1) is 10.0. The molecular weight excluding hydrogens is 309 g/mol. The van der Waals surface area contributed by atoms with Crippen LogP contribution in [0.25, 0.3) is 0 Å². The molecule has 0 saturated carbocycles. The summed E-state index contributed by atoms with van der Waals surface area (Å²) >= 11 is 11.1. The smallest absolute Gasteiger partial charge is 0.222 e. The molecule has 2 rings (SSSR count). The van der Waals surface area contributed by atoms with E-state index in [1.165, 1.54) is 18.6 Å². The molecule has 1 aliphatic heterocycles. The van der Waals surface area contributed by atoms with Gasteiger partial charge in [0.05, 0.1) is 10.0 Å². The first-order valence-electron chi connectivity index (χ1n) is 7.46. The van der Waals surface area contributed by atoms with E-state index in [-0.39, 0.29) is 5.75 Å². The van der Waals surface area contributed by atoms with E-state index in [0.717, 1.165) is 32.4 Å². The molecule has 1 saturated heterocycles. The Balaban J connectivity index is 0.000000342. The maximum Gasteiger partial charge on any atom is 0.222 e. The van der Waals surface area contributed by atoms with Crippen molar-refractivity contribution in [3.63, 3.8) is 0 Å². The second-order valence-electron chi connectivity index (χ2n) is 4.44. The van der Waals surface area contributed by atoms with Crippen LogP contribution in [0.3, 0.4) is 0 Å². The van der Waals surface area contributed by atoms with Gasteiger partial charge in [-0.05, 0) is 37.5 Å². The zero-order chi connectivity index (χ0) is 16.3. The van der Waals surface area contributed by atoms with Gasteiger partial charge in [0.25, 0.3) is 0 Å². The summed E-state index contributed by atoms with van der Waals surface area (Å²) in [5, 5.41) is 9.62. The molecule has 0 atom stereocenters. The zero-order valence-corrected chi connectivity index (χ0v) is 14.5. The molecule has 5 heteroatoms. The Bertz CT molecular complexity index is 423. The van der Waals surface area contributed by atoms with Gasteiger partial charge in [0.2, 0.25) is 5.91 Å². The lowest BCUT2D eigenvalue weighted by Gasteiger charge is -2.25. The molecule has 1 aromatic rings. The summed E-state index contributed by atoms with van der Waals surface area (Å²) in [7, 11) is 0. The number of carbonyl (C=O) groups excluding carboxylic acids is 1. The summed E-state index contributed by atoms with van der Waals surface area (Å²) in [6, 6.07) is 4.41. The summed E-state index contributed by atoms with van der Waals surface area (Å²) in [6.45, 7) is 8.06. The second-order valence-corrected chi connectivity index (χ2v) is 5.25. The summed E-state index contributed by atoms with van der Waals surface area (Å²) < 4.78 is 0. The Labute approximate surface area is 137 Å². The van der Waals surface area contributed by atoms with Crippen molar-refractivity contribution >= 4 is 29.1 Å². The third-order valence-corrected chi connectivity index (χ3v) is 3.56. The van der Waals surface area contributed by atoms with E-state index in [1.54, 1.807) is 6.07 Å². The third-order valence-electron chi connectivity index (χ3n) is 2.82. The lowest BCUT2D eigenvalue weighted by molar-refractivity contribution is -0.133. The quantitative estimate of drug-likeness (QED) is 0.814. The molecule has 1 amide bonds. The Morgan fingerprint density at radius 3 is 2.33 bits per heavy atom. The van der Waals surface area contributed by atoms with E-state index in [9.17, 15) is 4.79 Å². The fourth-order valence-corrected chi connectivity index (χ4v) is 2.15. The molecule has 0 aromatic heterocycles. The van der Waals surface area contributed by atoms with Gasteiger partial charge in [0.15, 0.2) is 0 Å². The maximum atomic E-state index is 11.1.